The lowest BCUT2D eigenvalue weighted by Crippen LogP contribution is -1.96. The third kappa shape index (κ3) is 2.02. The minimum Gasteiger partial charge on any atom is -0.438 e. The molecule has 0 bridgehead atoms. The molecule has 0 atom stereocenters. The first-order chi connectivity index (χ1) is 8.65. The maximum Gasteiger partial charge on any atom is 0.235 e. The highest BCUT2D eigenvalue weighted by Crippen LogP contribution is 2.26. The van der Waals surface area contributed by atoms with Gasteiger partial charge in [0.2, 0.25) is 5.88 Å². The van der Waals surface area contributed by atoms with Crippen LogP contribution in [0.15, 0.2) is 24.3 Å². The smallest absolute Gasteiger partial charge is 0.235 e. The number of hydrogen-bond donors (Lipinski definition) is 0. The van der Waals surface area contributed by atoms with Crippen LogP contribution in [0.2, 0.25) is 0 Å². The molecule has 2 rings (SSSR count). The molecule has 0 aliphatic carbocycles. The van der Waals surface area contributed by atoms with Gasteiger partial charge in [0.15, 0.2) is 0 Å². The molecule has 0 unspecified atom stereocenters. The zero-order valence-electron chi connectivity index (χ0n) is 10.0. The number of ether oxygens (including phenoxy) is 1. The molecule has 0 radical (unpaired) electrons. The predicted molar refractivity (Wildman–Crippen MR) is 63.9 cm³/mol. The summed E-state index contributed by atoms with van der Waals surface area (Å²) in [6.07, 6.45) is 0. The molecule has 1 aromatic carbocycles. The summed E-state index contributed by atoms with van der Waals surface area (Å²) in [5.41, 5.74) is 1.61. The third-order valence-corrected chi connectivity index (χ3v) is 2.48. The zero-order valence-corrected chi connectivity index (χ0v) is 10.0. The van der Waals surface area contributed by atoms with E-state index in [0.717, 1.165) is 0 Å². The number of hydrogen-bond acceptors (Lipinski definition) is 4. The standard InChI is InChI=1S/C13H10N4O/c1-9-12(8-15)13(17(2)16-9)18-11-5-3-10(7-14)4-6-11/h3-6H,1-2H3. The number of nitrogens with zero attached hydrogens (tertiary/aromatic N) is 4. The Morgan fingerprint density at radius 2 is 1.83 bits per heavy atom. The monoisotopic (exact) mass is 238 g/mol. The summed E-state index contributed by atoms with van der Waals surface area (Å²) in [5, 5.41) is 21.9. The number of nitriles is 2. The minimum absolute atomic E-state index is 0.403. The largest absolute Gasteiger partial charge is 0.438 e. The van der Waals surface area contributed by atoms with Crippen LogP contribution >= 0.6 is 0 Å². The Morgan fingerprint density at radius 1 is 1.17 bits per heavy atom. The van der Waals surface area contributed by atoms with Crippen LogP contribution in [0, 0.1) is 29.6 Å². The van der Waals surface area contributed by atoms with E-state index < -0.39 is 0 Å². The van der Waals surface area contributed by atoms with E-state index in [9.17, 15) is 0 Å². The van der Waals surface area contributed by atoms with E-state index >= 15 is 0 Å². The predicted octanol–water partition coefficient (Wildman–Crippen LogP) is 2.26. The summed E-state index contributed by atoms with van der Waals surface area (Å²) in [6.45, 7) is 1.75. The summed E-state index contributed by atoms with van der Waals surface area (Å²) in [7, 11) is 1.72. The lowest BCUT2D eigenvalue weighted by atomic mass is 10.2. The molecule has 1 heterocycles. The Kier molecular flexibility index (Phi) is 2.99. The van der Waals surface area contributed by atoms with Crippen LogP contribution in [0.1, 0.15) is 16.8 Å². The fourth-order valence-electron chi connectivity index (χ4n) is 1.59. The summed E-state index contributed by atoms with van der Waals surface area (Å²) in [4.78, 5) is 0. The van der Waals surface area contributed by atoms with Gasteiger partial charge >= 0.3 is 0 Å². The van der Waals surface area contributed by atoms with Crippen LogP contribution in [0.3, 0.4) is 0 Å². The van der Waals surface area contributed by atoms with Crippen molar-refractivity contribution in [2.75, 3.05) is 0 Å². The van der Waals surface area contributed by atoms with E-state index in [0.29, 0.717) is 28.5 Å². The summed E-state index contributed by atoms with van der Waals surface area (Å²) in [6, 6.07) is 10.8. The van der Waals surface area contributed by atoms with Crippen molar-refractivity contribution in [2.45, 2.75) is 6.92 Å². The maximum absolute atomic E-state index is 9.05. The fourth-order valence-corrected chi connectivity index (χ4v) is 1.59. The van der Waals surface area contributed by atoms with E-state index in [1.165, 1.54) is 4.68 Å². The van der Waals surface area contributed by atoms with Gasteiger partial charge < -0.3 is 4.74 Å². The quantitative estimate of drug-likeness (QED) is 0.804. The molecule has 5 heteroatoms. The Bertz CT molecular complexity index is 656. The SMILES string of the molecule is Cc1nn(C)c(Oc2ccc(C#N)cc2)c1C#N. The first kappa shape index (κ1) is 11.7. The zero-order chi connectivity index (χ0) is 13.1. The Balaban J connectivity index is 2.35. The van der Waals surface area contributed by atoms with Crippen LogP contribution in [0.5, 0.6) is 11.6 Å². The van der Waals surface area contributed by atoms with Gasteiger partial charge in [-0.15, -0.1) is 0 Å². The second-order valence-corrected chi connectivity index (χ2v) is 3.74. The molecular weight excluding hydrogens is 228 g/mol. The first-order valence-corrected chi connectivity index (χ1v) is 5.27. The van der Waals surface area contributed by atoms with Crippen molar-refractivity contribution in [2.24, 2.45) is 7.05 Å². The van der Waals surface area contributed by atoms with Crippen LogP contribution in [0.4, 0.5) is 0 Å². The molecular formula is C13H10N4O. The van der Waals surface area contributed by atoms with Gasteiger partial charge in [0, 0.05) is 7.05 Å². The number of rotatable bonds is 2. The molecule has 0 saturated carbocycles. The average Bonchev–Trinajstić information content (AvgIpc) is 2.64. The summed E-state index contributed by atoms with van der Waals surface area (Å²) in [5.74, 6) is 0.966. The summed E-state index contributed by atoms with van der Waals surface area (Å²) < 4.78 is 7.14. The van der Waals surface area contributed by atoms with Crippen molar-refractivity contribution >= 4 is 0 Å². The second kappa shape index (κ2) is 4.60. The molecule has 0 spiro atoms. The van der Waals surface area contributed by atoms with Gasteiger partial charge in [-0.3, -0.25) is 0 Å². The minimum atomic E-state index is 0.403. The molecule has 88 valence electrons. The van der Waals surface area contributed by atoms with Crippen LogP contribution in [-0.4, -0.2) is 9.78 Å². The molecule has 0 aliphatic heterocycles. The average molecular weight is 238 g/mol. The molecule has 0 N–H and O–H groups in total. The van der Waals surface area contributed by atoms with Crippen LogP contribution < -0.4 is 4.74 Å². The number of benzene rings is 1. The van der Waals surface area contributed by atoms with Gasteiger partial charge in [0.05, 0.1) is 17.3 Å². The Morgan fingerprint density at radius 3 is 2.39 bits per heavy atom. The van der Waals surface area contributed by atoms with E-state index in [2.05, 4.69) is 11.2 Å². The summed E-state index contributed by atoms with van der Waals surface area (Å²) >= 11 is 0. The van der Waals surface area contributed by atoms with E-state index in [1.807, 2.05) is 6.07 Å². The molecule has 0 fully saturated rings. The van der Waals surface area contributed by atoms with Crippen LogP contribution in [-0.2, 0) is 7.05 Å². The Hall–Kier alpha value is -2.79. The van der Waals surface area contributed by atoms with Gasteiger partial charge in [-0.1, -0.05) is 0 Å². The number of aromatic nitrogens is 2. The van der Waals surface area contributed by atoms with Gasteiger partial charge in [-0.05, 0) is 31.2 Å². The van der Waals surface area contributed by atoms with E-state index in [1.54, 1.807) is 38.2 Å². The number of aryl methyl sites for hydroxylation is 2. The van der Waals surface area contributed by atoms with Crippen LogP contribution in [0.25, 0.3) is 0 Å². The first-order valence-electron chi connectivity index (χ1n) is 5.27. The van der Waals surface area contributed by atoms with Gasteiger partial charge in [0.1, 0.15) is 17.4 Å². The van der Waals surface area contributed by atoms with E-state index in [4.69, 9.17) is 15.3 Å². The Labute approximate surface area is 104 Å². The topological polar surface area (TPSA) is 74.6 Å². The molecule has 0 amide bonds. The molecule has 0 aliphatic rings. The highest BCUT2D eigenvalue weighted by atomic mass is 16.5. The van der Waals surface area contributed by atoms with Crippen molar-refractivity contribution in [3.8, 4) is 23.8 Å². The second-order valence-electron chi connectivity index (χ2n) is 3.74. The third-order valence-electron chi connectivity index (χ3n) is 2.48. The van der Waals surface area contributed by atoms with Crippen molar-refractivity contribution < 1.29 is 4.74 Å². The van der Waals surface area contributed by atoms with E-state index in [-0.39, 0.29) is 0 Å². The van der Waals surface area contributed by atoms with Crippen molar-refractivity contribution in [3.63, 3.8) is 0 Å². The van der Waals surface area contributed by atoms with Crippen molar-refractivity contribution in [1.29, 1.82) is 10.5 Å². The van der Waals surface area contributed by atoms with Gasteiger partial charge in [-0.2, -0.15) is 15.6 Å². The van der Waals surface area contributed by atoms with Gasteiger partial charge in [-0.25, -0.2) is 4.68 Å². The lowest BCUT2D eigenvalue weighted by Gasteiger charge is -2.05. The lowest BCUT2D eigenvalue weighted by molar-refractivity contribution is 0.429. The van der Waals surface area contributed by atoms with Gasteiger partial charge in [0.25, 0.3) is 0 Å². The maximum atomic E-state index is 9.05. The molecule has 18 heavy (non-hydrogen) atoms. The highest BCUT2D eigenvalue weighted by Gasteiger charge is 2.14. The fraction of sp³-hybridized carbons (Fsp3) is 0.154. The molecule has 1 aromatic heterocycles. The molecule has 0 saturated heterocycles. The normalized spacial score (nSPS) is 9.56. The van der Waals surface area contributed by atoms with Crippen molar-refractivity contribution in [3.05, 3.63) is 41.1 Å². The molecule has 2 aromatic rings. The molecule has 5 nitrogen and oxygen atoms in total. The van der Waals surface area contributed by atoms with Crippen molar-refractivity contribution in [1.82, 2.24) is 9.78 Å². The highest BCUT2D eigenvalue weighted by molar-refractivity contribution is 5.45.